The van der Waals surface area contributed by atoms with Gasteiger partial charge in [0, 0.05) is 19.9 Å². The molecule has 0 radical (unpaired) electrons. The molecule has 3 aromatic carbocycles. The lowest BCUT2D eigenvalue weighted by atomic mass is 9.78. The molecule has 0 aromatic heterocycles. The smallest absolute Gasteiger partial charge is 0.222 e. The van der Waals surface area contributed by atoms with Gasteiger partial charge in [-0.2, -0.15) is 0 Å². The molecule has 0 fully saturated rings. The minimum absolute atomic E-state index is 0.359. The molecule has 6 nitrogen and oxygen atoms in total. The number of benzene rings is 3. The lowest BCUT2D eigenvalue weighted by Crippen LogP contribution is -2.49. The zero-order chi connectivity index (χ0) is 23.3. The minimum Gasteiger partial charge on any atom is -0.486 e. The minimum atomic E-state index is -0.945. The van der Waals surface area contributed by atoms with E-state index in [9.17, 15) is 0 Å². The highest BCUT2D eigenvalue weighted by Gasteiger charge is 2.54. The van der Waals surface area contributed by atoms with Crippen LogP contribution in [0.15, 0.2) is 71.7 Å². The average molecular weight is 451 g/mol. The molecule has 170 valence electrons. The molecular weight excluding hydrogens is 424 g/mol. The maximum Gasteiger partial charge on any atom is 0.222 e. The summed E-state index contributed by atoms with van der Waals surface area (Å²) in [4.78, 5) is 14.8. The number of ether oxygens (including phenoxy) is 1. The Balaban J connectivity index is 1.48. The Bertz CT molecular complexity index is 1360. The Kier molecular flexibility index (Phi) is 4.65. The van der Waals surface area contributed by atoms with Crippen molar-refractivity contribution < 1.29 is 9.57 Å². The van der Waals surface area contributed by atoms with Crippen molar-refractivity contribution in [3.05, 3.63) is 94.8 Å². The fraction of sp³-hybridized carbons (Fsp3) is 0.286. The maximum absolute atomic E-state index is 7.36. The van der Waals surface area contributed by atoms with E-state index in [2.05, 4.69) is 35.2 Å². The van der Waals surface area contributed by atoms with Crippen LogP contribution in [0.4, 0.5) is 5.69 Å². The Hall–Kier alpha value is -3.82. The van der Waals surface area contributed by atoms with E-state index in [4.69, 9.17) is 26.9 Å². The van der Waals surface area contributed by atoms with Crippen LogP contribution in [0.2, 0.25) is 0 Å². The third-order valence-corrected chi connectivity index (χ3v) is 7.21. The van der Waals surface area contributed by atoms with Crippen LogP contribution >= 0.6 is 0 Å². The summed E-state index contributed by atoms with van der Waals surface area (Å²) in [7, 11) is 1.79. The molecule has 1 aliphatic carbocycles. The van der Waals surface area contributed by atoms with Gasteiger partial charge in [0.2, 0.25) is 11.7 Å². The van der Waals surface area contributed by atoms with Crippen LogP contribution in [0, 0.1) is 6.57 Å². The standard InChI is InChI=1S/C28H26N4O2/c1-30-23-11-5-9-20(15-23)21-12-13-25-24(16-21)28(31-26(29)32(2)34-28)18-27(33-25)14-6-10-19-7-3-4-8-22(19)17-27/h3-5,7-9,11-13,15-16H,6,10,14,17-18H2,2H3,(H2,29,31). The number of guanidine groups is 1. The summed E-state index contributed by atoms with van der Waals surface area (Å²) in [6.07, 6.45) is 4.39. The fourth-order valence-corrected chi connectivity index (χ4v) is 5.64. The second kappa shape index (κ2) is 7.61. The third-order valence-electron chi connectivity index (χ3n) is 7.21. The normalized spacial score (nSPS) is 25.2. The summed E-state index contributed by atoms with van der Waals surface area (Å²) >= 11 is 0. The zero-order valence-corrected chi connectivity index (χ0v) is 19.1. The molecule has 0 amide bonds. The van der Waals surface area contributed by atoms with E-state index in [1.807, 2.05) is 36.4 Å². The van der Waals surface area contributed by atoms with E-state index in [0.29, 0.717) is 18.1 Å². The Morgan fingerprint density at radius 2 is 1.85 bits per heavy atom. The Labute approximate surface area is 199 Å². The molecule has 0 saturated heterocycles. The molecule has 6 heteroatoms. The van der Waals surface area contributed by atoms with Gasteiger partial charge in [0.1, 0.15) is 11.4 Å². The first-order chi connectivity index (χ1) is 16.5. The van der Waals surface area contributed by atoms with Crippen molar-refractivity contribution in [2.24, 2.45) is 10.7 Å². The highest BCUT2D eigenvalue weighted by atomic mass is 16.7. The van der Waals surface area contributed by atoms with Crippen LogP contribution in [0.25, 0.3) is 16.0 Å². The highest BCUT2D eigenvalue weighted by Crippen LogP contribution is 2.53. The van der Waals surface area contributed by atoms with Crippen LogP contribution in [0.5, 0.6) is 5.75 Å². The van der Waals surface area contributed by atoms with Gasteiger partial charge in [0.15, 0.2) is 5.69 Å². The monoisotopic (exact) mass is 450 g/mol. The maximum atomic E-state index is 7.36. The van der Waals surface area contributed by atoms with Gasteiger partial charge >= 0.3 is 0 Å². The molecule has 6 rings (SSSR count). The number of rotatable bonds is 1. The molecule has 2 atom stereocenters. The number of hydrogen-bond donors (Lipinski definition) is 1. The van der Waals surface area contributed by atoms with Crippen molar-refractivity contribution in [2.75, 3.05) is 7.05 Å². The molecule has 2 spiro atoms. The lowest BCUT2D eigenvalue weighted by molar-refractivity contribution is -0.204. The number of aryl methyl sites for hydroxylation is 1. The molecule has 2 heterocycles. The SMILES string of the molecule is [C-]#[N+]c1cccc(-c2ccc3c(c2)C2(CC4(CCCc5ccccc5C4)O3)N=C(N)N(C)O2)c1. The van der Waals surface area contributed by atoms with Crippen molar-refractivity contribution in [3.63, 3.8) is 0 Å². The number of hydroxylamine groups is 2. The highest BCUT2D eigenvalue weighted by molar-refractivity contribution is 5.79. The molecule has 2 N–H and O–H groups in total. The summed E-state index contributed by atoms with van der Waals surface area (Å²) < 4.78 is 6.83. The second-order valence-corrected chi connectivity index (χ2v) is 9.48. The van der Waals surface area contributed by atoms with Crippen LogP contribution in [-0.2, 0) is 23.4 Å². The number of nitrogens with two attached hydrogens (primary N) is 1. The van der Waals surface area contributed by atoms with Gasteiger partial charge in [0.25, 0.3) is 0 Å². The van der Waals surface area contributed by atoms with Gasteiger partial charge in [-0.05, 0) is 59.7 Å². The number of fused-ring (bicyclic) bond motifs is 3. The van der Waals surface area contributed by atoms with E-state index >= 15 is 0 Å². The first-order valence-electron chi connectivity index (χ1n) is 11.7. The second-order valence-electron chi connectivity index (χ2n) is 9.48. The first kappa shape index (κ1) is 20.8. The van der Waals surface area contributed by atoms with Gasteiger partial charge in [0.05, 0.1) is 12.1 Å². The zero-order valence-electron chi connectivity index (χ0n) is 19.1. The topological polar surface area (TPSA) is 64.4 Å². The summed E-state index contributed by atoms with van der Waals surface area (Å²) in [6.45, 7) is 7.36. The van der Waals surface area contributed by atoms with E-state index in [1.54, 1.807) is 12.1 Å². The van der Waals surface area contributed by atoms with Gasteiger partial charge in [-0.3, -0.25) is 0 Å². The third kappa shape index (κ3) is 3.32. The molecule has 3 aromatic rings. The fourth-order valence-electron chi connectivity index (χ4n) is 5.64. The Morgan fingerprint density at radius 1 is 1.03 bits per heavy atom. The lowest BCUT2D eigenvalue weighted by Gasteiger charge is -2.45. The van der Waals surface area contributed by atoms with Gasteiger partial charge < -0.3 is 10.5 Å². The predicted molar refractivity (Wildman–Crippen MR) is 131 cm³/mol. The summed E-state index contributed by atoms with van der Waals surface area (Å²) in [5, 5.41) is 1.56. The van der Waals surface area contributed by atoms with Crippen molar-refractivity contribution in [1.29, 1.82) is 0 Å². The van der Waals surface area contributed by atoms with E-state index in [0.717, 1.165) is 48.1 Å². The Morgan fingerprint density at radius 3 is 2.65 bits per heavy atom. The van der Waals surface area contributed by atoms with Gasteiger partial charge in [-0.15, -0.1) is 0 Å². The van der Waals surface area contributed by atoms with E-state index in [-0.39, 0.29) is 0 Å². The summed E-state index contributed by atoms with van der Waals surface area (Å²) in [6, 6.07) is 22.4. The molecule has 2 unspecified atom stereocenters. The molecule has 2 aliphatic heterocycles. The van der Waals surface area contributed by atoms with Crippen molar-refractivity contribution in [1.82, 2.24) is 5.06 Å². The quantitative estimate of drug-likeness (QED) is 0.508. The molecule has 34 heavy (non-hydrogen) atoms. The van der Waals surface area contributed by atoms with Gasteiger partial charge in [-0.1, -0.05) is 48.5 Å². The van der Waals surface area contributed by atoms with E-state index < -0.39 is 11.3 Å². The van der Waals surface area contributed by atoms with Crippen LogP contribution in [0.3, 0.4) is 0 Å². The van der Waals surface area contributed by atoms with Crippen LogP contribution < -0.4 is 10.5 Å². The first-order valence-corrected chi connectivity index (χ1v) is 11.7. The largest absolute Gasteiger partial charge is 0.486 e. The number of nitrogens with zero attached hydrogens (tertiary/aromatic N) is 3. The molecular formula is C28H26N4O2. The van der Waals surface area contributed by atoms with Crippen LogP contribution in [-0.4, -0.2) is 23.7 Å². The van der Waals surface area contributed by atoms with Crippen molar-refractivity contribution in [3.8, 4) is 16.9 Å². The summed E-state index contributed by atoms with van der Waals surface area (Å²) in [5.74, 6) is 1.14. The van der Waals surface area contributed by atoms with Crippen LogP contribution in [0.1, 0.15) is 36.0 Å². The van der Waals surface area contributed by atoms with Crippen molar-refractivity contribution >= 4 is 11.6 Å². The van der Waals surface area contributed by atoms with Crippen molar-refractivity contribution in [2.45, 2.75) is 43.4 Å². The molecule has 0 saturated carbocycles. The number of aliphatic imine (C=N–C) groups is 1. The summed E-state index contributed by atoms with van der Waals surface area (Å²) in [5.41, 5.74) is 11.0. The average Bonchev–Trinajstić information content (AvgIpc) is 3.01. The van der Waals surface area contributed by atoms with Gasteiger partial charge in [-0.25, -0.2) is 19.7 Å². The predicted octanol–water partition coefficient (Wildman–Crippen LogP) is 5.35. The number of hydrogen-bond acceptors (Lipinski definition) is 5. The molecule has 0 bridgehead atoms. The molecule has 3 aliphatic rings. The van der Waals surface area contributed by atoms with E-state index in [1.165, 1.54) is 11.1 Å².